The van der Waals surface area contributed by atoms with E-state index in [1.807, 2.05) is 30.3 Å². The number of hydrogen-bond acceptors (Lipinski definition) is 4. The molecule has 1 aromatic carbocycles. The van der Waals surface area contributed by atoms with Crippen LogP contribution in [-0.4, -0.2) is 80.9 Å². The highest BCUT2D eigenvalue weighted by molar-refractivity contribution is 5.95. The molecule has 0 aliphatic carbocycles. The van der Waals surface area contributed by atoms with Crippen molar-refractivity contribution in [3.63, 3.8) is 0 Å². The molecule has 0 saturated carbocycles. The number of carbonyl (C=O) groups is 2. The summed E-state index contributed by atoms with van der Waals surface area (Å²) in [6.07, 6.45) is 0. The van der Waals surface area contributed by atoms with Gasteiger partial charge in [-0.3, -0.25) is 4.79 Å². The number of urea groups is 1. The molecule has 0 bridgehead atoms. The van der Waals surface area contributed by atoms with Crippen LogP contribution in [-0.2, 0) is 14.3 Å². The van der Waals surface area contributed by atoms with Crippen molar-refractivity contribution in [2.24, 2.45) is 0 Å². The molecule has 0 N–H and O–H groups in total. The minimum absolute atomic E-state index is 0.0117. The van der Waals surface area contributed by atoms with E-state index in [9.17, 15) is 9.59 Å². The third-order valence-electron chi connectivity index (χ3n) is 4.32. The van der Waals surface area contributed by atoms with E-state index in [2.05, 4.69) is 0 Å². The van der Waals surface area contributed by atoms with Crippen LogP contribution in [0.25, 0.3) is 0 Å². The summed E-state index contributed by atoms with van der Waals surface area (Å²) in [4.78, 5) is 29.6. The Kier molecular flexibility index (Phi) is 4.73. The predicted molar refractivity (Wildman–Crippen MR) is 89.0 cm³/mol. The molecule has 7 nitrogen and oxygen atoms in total. The molecule has 3 amide bonds. The molecule has 0 aromatic heterocycles. The molecule has 1 aromatic rings. The van der Waals surface area contributed by atoms with Gasteiger partial charge in [-0.05, 0) is 12.1 Å². The Balaban J connectivity index is 1.83. The molecule has 0 radical (unpaired) electrons. The second kappa shape index (κ2) is 6.78. The predicted octanol–water partition coefficient (Wildman–Crippen LogP) is 0.802. The first kappa shape index (κ1) is 16.7. The number of rotatable bonds is 1. The number of nitrogens with zero attached hydrogens (tertiary/aromatic N) is 3. The third-order valence-corrected chi connectivity index (χ3v) is 4.32. The van der Waals surface area contributed by atoms with Gasteiger partial charge in [0.2, 0.25) is 0 Å². The molecule has 2 saturated heterocycles. The van der Waals surface area contributed by atoms with Gasteiger partial charge in [0, 0.05) is 26.3 Å². The van der Waals surface area contributed by atoms with E-state index in [-0.39, 0.29) is 18.5 Å². The third kappa shape index (κ3) is 3.37. The van der Waals surface area contributed by atoms with Gasteiger partial charge in [-0.2, -0.15) is 0 Å². The molecule has 7 heteroatoms. The standard InChI is InChI=1S/C17H23N3O4/c1-18(2)16(22)19-8-9-23-13-17(11-19)12-20(15(21)10-24-17)14-6-4-3-5-7-14/h3-7H,8-13H2,1-2H3/t17-/m0/s1. The van der Waals surface area contributed by atoms with Gasteiger partial charge in [0.05, 0.1) is 26.3 Å². The van der Waals surface area contributed by atoms with E-state index in [1.54, 1.807) is 28.8 Å². The maximum atomic E-state index is 12.4. The molecule has 1 atom stereocenters. The number of para-hydroxylation sites is 1. The number of carbonyl (C=O) groups excluding carboxylic acids is 2. The lowest BCUT2D eigenvalue weighted by Gasteiger charge is -2.43. The summed E-state index contributed by atoms with van der Waals surface area (Å²) in [5.41, 5.74) is 0.131. The zero-order valence-electron chi connectivity index (χ0n) is 14.1. The summed E-state index contributed by atoms with van der Waals surface area (Å²) in [7, 11) is 3.45. The Labute approximate surface area is 141 Å². The lowest BCUT2D eigenvalue weighted by Crippen LogP contribution is -2.61. The fourth-order valence-electron chi connectivity index (χ4n) is 3.09. The van der Waals surface area contributed by atoms with Crippen molar-refractivity contribution in [3.8, 4) is 0 Å². The van der Waals surface area contributed by atoms with Crippen molar-refractivity contribution < 1.29 is 19.1 Å². The van der Waals surface area contributed by atoms with E-state index < -0.39 is 5.60 Å². The lowest BCUT2D eigenvalue weighted by molar-refractivity contribution is -0.145. The van der Waals surface area contributed by atoms with Gasteiger partial charge in [-0.1, -0.05) is 18.2 Å². The summed E-state index contributed by atoms with van der Waals surface area (Å²) in [5.74, 6) is -0.0819. The van der Waals surface area contributed by atoms with Crippen molar-refractivity contribution in [2.75, 3.05) is 58.5 Å². The molecular formula is C17H23N3O4. The highest BCUT2D eigenvalue weighted by Crippen LogP contribution is 2.27. The van der Waals surface area contributed by atoms with Crippen molar-refractivity contribution in [1.82, 2.24) is 9.80 Å². The minimum Gasteiger partial charge on any atom is -0.376 e. The van der Waals surface area contributed by atoms with Crippen LogP contribution >= 0.6 is 0 Å². The number of anilines is 1. The number of benzene rings is 1. The Morgan fingerprint density at radius 2 is 1.96 bits per heavy atom. The molecule has 0 unspecified atom stereocenters. The molecule has 130 valence electrons. The number of morpholine rings is 1. The molecule has 1 spiro atoms. The van der Waals surface area contributed by atoms with Crippen molar-refractivity contribution in [1.29, 1.82) is 0 Å². The second-order valence-electron chi connectivity index (χ2n) is 6.44. The van der Waals surface area contributed by atoms with E-state index in [4.69, 9.17) is 9.47 Å². The summed E-state index contributed by atoms with van der Waals surface area (Å²) < 4.78 is 11.6. The van der Waals surface area contributed by atoms with Crippen molar-refractivity contribution in [2.45, 2.75) is 5.60 Å². The van der Waals surface area contributed by atoms with Crippen LogP contribution in [0.3, 0.4) is 0 Å². The molecule has 3 rings (SSSR count). The fourth-order valence-corrected chi connectivity index (χ4v) is 3.09. The number of amides is 3. The van der Waals surface area contributed by atoms with Gasteiger partial charge in [0.25, 0.3) is 5.91 Å². The summed E-state index contributed by atoms with van der Waals surface area (Å²) in [6, 6.07) is 9.43. The van der Waals surface area contributed by atoms with Gasteiger partial charge in [0.1, 0.15) is 12.2 Å². The van der Waals surface area contributed by atoms with Crippen LogP contribution in [0.4, 0.5) is 10.5 Å². The highest BCUT2D eigenvalue weighted by Gasteiger charge is 2.44. The van der Waals surface area contributed by atoms with E-state index >= 15 is 0 Å². The van der Waals surface area contributed by atoms with Gasteiger partial charge in [-0.15, -0.1) is 0 Å². The second-order valence-corrected chi connectivity index (χ2v) is 6.44. The number of hydrogen-bond donors (Lipinski definition) is 0. The maximum absolute atomic E-state index is 12.4. The van der Waals surface area contributed by atoms with E-state index in [0.29, 0.717) is 32.8 Å². The Bertz CT molecular complexity index is 607. The first-order chi connectivity index (χ1) is 11.5. The zero-order chi connectivity index (χ0) is 17.2. The number of ether oxygens (including phenoxy) is 2. The van der Waals surface area contributed by atoms with Crippen LogP contribution in [0.5, 0.6) is 0 Å². The van der Waals surface area contributed by atoms with E-state index in [0.717, 1.165) is 5.69 Å². The van der Waals surface area contributed by atoms with Crippen molar-refractivity contribution in [3.05, 3.63) is 30.3 Å². The van der Waals surface area contributed by atoms with Gasteiger partial charge in [0.15, 0.2) is 0 Å². The molecular weight excluding hydrogens is 310 g/mol. The summed E-state index contributed by atoms with van der Waals surface area (Å²) >= 11 is 0. The molecule has 2 heterocycles. The Morgan fingerprint density at radius 3 is 2.67 bits per heavy atom. The first-order valence-electron chi connectivity index (χ1n) is 8.04. The van der Waals surface area contributed by atoms with Crippen LogP contribution in [0.2, 0.25) is 0 Å². The summed E-state index contributed by atoms with van der Waals surface area (Å²) in [6.45, 7) is 2.10. The zero-order valence-corrected chi connectivity index (χ0v) is 14.1. The normalized spacial score (nSPS) is 24.8. The maximum Gasteiger partial charge on any atom is 0.319 e. The van der Waals surface area contributed by atoms with Gasteiger partial charge < -0.3 is 24.2 Å². The highest BCUT2D eigenvalue weighted by atomic mass is 16.6. The first-order valence-corrected chi connectivity index (χ1v) is 8.04. The topological polar surface area (TPSA) is 62.3 Å². The fraction of sp³-hybridized carbons (Fsp3) is 0.529. The molecule has 2 fully saturated rings. The summed E-state index contributed by atoms with van der Waals surface area (Å²) in [5, 5.41) is 0. The van der Waals surface area contributed by atoms with Crippen molar-refractivity contribution >= 4 is 17.6 Å². The molecule has 2 aliphatic heterocycles. The molecule has 2 aliphatic rings. The van der Waals surface area contributed by atoms with Crippen LogP contribution in [0.1, 0.15) is 0 Å². The van der Waals surface area contributed by atoms with Gasteiger partial charge >= 0.3 is 6.03 Å². The average molecular weight is 333 g/mol. The van der Waals surface area contributed by atoms with Crippen LogP contribution < -0.4 is 4.90 Å². The Hall–Kier alpha value is -2.12. The Morgan fingerprint density at radius 1 is 1.21 bits per heavy atom. The monoisotopic (exact) mass is 333 g/mol. The average Bonchev–Trinajstić information content (AvgIpc) is 2.80. The smallest absolute Gasteiger partial charge is 0.319 e. The largest absolute Gasteiger partial charge is 0.376 e. The van der Waals surface area contributed by atoms with E-state index in [1.165, 1.54) is 0 Å². The minimum atomic E-state index is -0.702. The lowest BCUT2D eigenvalue weighted by atomic mass is 10.0. The van der Waals surface area contributed by atoms with Crippen LogP contribution in [0, 0.1) is 0 Å². The molecule has 24 heavy (non-hydrogen) atoms. The SMILES string of the molecule is CN(C)C(=O)N1CCOC[C@]2(C1)CN(c1ccccc1)C(=O)CO2. The quantitative estimate of drug-likeness (QED) is 0.763. The van der Waals surface area contributed by atoms with Gasteiger partial charge in [-0.25, -0.2) is 4.79 Å². The van der Waals surface area contributed by atoms with Crippen LogP contribution in [0.15, 0.2) is 30.3 Å².